The van der Waals surface area contributed by atoms with Gasteiger partial charge < -0.3 is 20.3 Å². The van der Waals surface area contributed by atoms with Gasteiger partial charge in [-0.2, -0.15) is 0 Å². The molecule has 2 aromatic rings. The molecule has 0 aliphatic heterocycles. The van der Waals surface area contributed by atoms with Crippen molar-refractivity contribution in [1.29, 1.82) is 0 Å². The third kappa shape index (κ3) is 5.78. The fraction of sp³-hybridized carbons (Fsp3) is 0.333. The van der Waals surface area contributed by atoms with Gasteiger partial charge in [0, 0.05) is 6.54 Å². The molecule has 3 N–H and O–H groups in total. The number of aliphatic hydroxyl groups excluding tert-OH is 2. The van der Waals surface area contributed by atoms with Crippen molar-refractivity contribution >= 4 is 22.4 Å². The van der Waals surface area contributed by atoms with Crippen LogP contribution in [0.1, 0.15) is 23.1 Å². The molecule has 1 aromatic heterocycles. The highest BCUT2D eigenvalue weighted by Crippen LogP contribution is 2.28. The predicted molar refractivity (Wildman–Crippen MR) is 89.0 cm³/mol. The van der Waals surface area contributed by atoms with Gasteiger partial charge in [-0.3, -0.25) is 10.1 Å². The number of hydrogen-bond donors (Lipinski definition) is 3. The number of aromatic nitrogens is 1. The van der Waals surface area contributed by atoms with E-state index in [1.54, 1.807) is 0 Å². The molecule has 1 amide bonds. The van der Waals surface area contributed by atoms with Crippen LogP contribution in [0.5, 0.6) is 0 Å². The van der Waals surface area contributed by atoms with Crippen LogP contribution in [-0.2, 0) is 11.3 Å². The summed E-state index contributed by atoms with van der Waals surface area (Å²) in [6.45, 7) is 0.194. The van der Waals surface area contributed by atoms with Crippen LogP contribution in [0.3, 0.4) is 0 Å². The van der Waals surface area contributed by atoms with Gasteiger partial charge in [-0.15, -0.1) is 0 Å². The number of amides is 1. The summed E-state index contributed by atoms with van der Waals surface area (Å²) in [4.78, 5) is 25.2. The maximum Gasteiger partial charge on any atom is 0.407 e. The first-order valence-electron chi connectivity index (χ1n) is 7.38. The molecule has 2 rings (SSSR count). The molecule has 0 aliphatic rings. The van der Waals surface area contributed by atoms with Crippen molar-refractivity contribution in [3.8, 4) is 0 Å². The lowest BCUT2D eigenvalue weighted by atomic mass is 10.1. The Bertz CT molecular complexity index is 708. The Morgan fingerprint density at radius 1 is 1.36 bits per heavy atom. The second-order valence-electron chi connectivity index (χ2n) is 5.08. The van der Waals surface area contributed by atoms with E-state index in [0.29, 0.717) is 11.3 Å². The summed E-state index contributed by atoms with van der Waals surface area (Å²) in [6, 6.07) is 9.16. The second kappa shape index (κ2) is 9.06. The first-order valence-corrected chi connectivity index (χ1v) is 8.20. The van der Waals surface area contributed by atoms with Gasteiger partial charge >= 0.3 is 11.1 Å². The second-order valence-corrected chi connectivity index (χ2v) is 6.12. The summed E-state index contributed by atoms with van der Waals surface area (Å²) in [5.41, 5.74) is 0.846. The van der Waals surface area contributed by atoms with Crippen molar-refractivity contribution in [2.75, 3.05) is 6.54 Å². The SMILES string of the molecule is O=C(NCCC(O)C(O)c1ncc([N+](=O)[O-])s1)OCc1ccccc1. The van der Waals surface area contributed by atoms with Crippen LogP contribution in [0.15, 0.2) is 36.5 Å². The number of nitro groups is 1. The smallest absolute Gasteiger partial charge is 0.407 e. The highest BCUT2D eigenvalue weighted by molar-refractivity contribution is 7.14. The fourth-order valence-corrected chi connectivity index (χ4v) is 2.70. The molecule has 10 heteroatoms. The Morgan fingerprint density at radius 3 is 2.72 bits per heavy atom. The van der Waals surface area contributed by atoms with Crippen LogP contribution >= 0.6 is 11.3 Å². The van der Waals surface area contributed by atoms with Crippen LogP contribution < -0.4 is 5.32 Å². The van der Waals surface area contributed by atoms with E-state index in [4.69, 9.17) is 4.74 Å². The average molecular weight is 367 g/mol. The highest BCUT2D eigenvalue weighted by atomic mass is 32.1. The van der Waals surface area contributed by atoms with Crippen LogP contribution in [0.4, 0.5) is 9.80 Å². The number of ether oxygens (including phenoxy) is 1. The zero-order chi connectivity index (χ0) is 18.2. The van der Waals surface area contributed by atoms with Crippen molar-refractivity contribution in [2.45, 2.75) is 25.2 Å². The van der Waals surface area contributed by atoms with Crippen molar-refractivity contribution in [3.63, 3.8) is 0 Å². The molecule has 0 radical (unpaired) electrons. The number of carbonyl (C=O) groups is 1. The Labute approximate surface area is 147 Å². The summed E-state index contributed by atoms with van der Waals surface area (Å²) in [6.07, 6.45) is -2.17. The van der Waals surface area contributed by atoms with Crippen LogP contribution in [0.2, 0.25) is 0 Å². The van der Waals surface area contributed by atoms with E-state index in [0.717, 1.165) is 11.8 Å². The number of hydrogen-bond acceptors (Lipinski definition) is 8. The van der Waals surface area contributed by atoms with Crippen LogP contribution in [0, 0.1) is 10.1 Å². The van der Waals surface area contributed by atoms with Crippen LogP contribution in [0.25, 0.3) is 0 Å². The molecule has 1 heterocycles. The molecule has 1 aromatic carbocycles. The third-order valence-corrected chi connectivity index (χ3v) is 4.25. The Balaban J connectivity index is 1.70. The number of rotatable bonds is 8. The Hall–Kier alpha value is -2.56. The maximum atomic E-state index is 11.6. The largest absolute Gasteiger partial charge is 0.445 e. The first kappa shape index (κ1) is 18.8. The molecule has 0 fully saturated rings. The van der Waals surface area contributed by atoms with E-state index in [2.05, 4.69) is 10.3 Å². The van der Waals surface area contributed by atoms with Gasteiger partial charge in [0.1, 0.15) is 23.9 Å². The standard InChI is InChI=1S/C15H17N3O6S/c19-11(13(20)14-17-8-12(25-14)18(22)23)6-7-16-15(21)24-9-10-4-2-1-3-5-10/h1-5,8,11,13,19-20H,6-7,9H2,(H,16,21). The normalized spacial score (nSPS) is 13.0. The zero-order valence-electron chi connectivity index (χ0n) is 13.1. The average Bonchev–Trinajstić information content (AvgIpc) is 3.10. The van der Waals surface area contributed by atoms with Gasteiger partial charge in [-0.1, -0.05) is 30.3 Å². The first-order chi connectivity index (χ1) is 12.0. The number of benzene rings is 1. The number of aliphatic hydroxyl groups is 2. The Kier molecular flexibility index (Phi) is 6.81. The minimum atomic E-state index is -1.36. The maximum absolute atomic E-state index is 11.6. The van der Waals surface area contributed by atoms with E-state index >= 15 is 0 Å². The van der Waals surface area contributed by atoms with E-state index in [-0.39, 0.29) is 29.6 Å². The lowest BCUT2D eigenvalue weighted by Gasteiger charge is -2.15. The highest BCUT2D eigenvalue weighted by Gasteiger charge is 2.24. The van der Waals surface area contributed by atoms with E-state index in [1.165, 1.54) is 0 Å². The lowest BCUT2D eigenvalue weighted by Crippen LogP contribution is -2.29. The Morgan fingerprint density at radius 2 is 2.08 bits per heavy atom. The molecule has 0 saturated carbocycles. The summed E-state index contributed by atoms with van der Waals surface area (Å²) >= 11 is 0.691. The summed E-state index contributed by atoms with van der Waals surface area (Å²) in [5, 5.41) is 32.7. The van der Waals surface area contributed by atoms with Crippen LogP contribution in [-0.4, -0.2) is 38.9 Å². The molecule has 9 nitrogen and oxygen atoms in total. The number of nitrogens with one attached hydrogen (secondary N) is 1. The summed E-state index contributed by atoms with van der Waals surface area (Å²) in [5.74, 6) is 0. The zero-order valence-corrected chi connectivity index (χ0v) is 13.9. The molecule has 0 spiro atoms. The molecule has 2 unspecified atom stereocenters. The number of alkyl carbamates (subject to hydrolysis) is 1. The number of carbonyl (C=O) groups excluding carboxylic acids is 1. The summed E-state index contributed by atoms with van der Waals surface area (Å²) < 4.78 is 5.01. The molecule has 2 atom stereocenters. The quantitative estimate of drug-likeness (QED) is 0.478. The molecule has 0 aliphatic carbocycles. The monoisotopic (exact) mass is 367 g/mol. The van der Waals surface area contributed by atoms with Gasteiger partial charge in [0.15, 0.2) is 0 Å². The molecule has 0 saturated heterocycles. The van der Waals surface area contributed by atoms with Crippen molar-refractivity contribution in [2.24, 2.45) is 0 Å². The van der Waals surface area contributed by atoms with E-state index in [1.807, 2.05) is 30.3 Å². The van der Waals surface area contributed by atoms with Crippen molar-refractivity contribution in [1.82, 2.24) is 10.3 Å². The van der Waals surface area contributed by atoms with Gasteiger partial charge in [0.05, 0.1) is 11.0 Å². The number of nitrogens with zero attached hydrogens (tertiary/aromatic N) is 2. The van der Waals surface area contributed by atoms with Crippen molar-refractivity contribution < 1.29 is 24.7 Å². The minimum absolute atomic E-state index is 0.0367. The molecule has 134 valence electrons. The lowest BCUT2D eigenvalue weighted by molar-refractivity contribution is -0.380. The molecular formula is C15H17N3O6S. The number of thiazole rings is 1. The third-order valence-electron chi connectivity index (χ3n) is 3.23. The van der Waals surface area contributed by atoms with E-state index in [9.17, 15) is 25.1 Å². The van der Waals surface area contributed by atoms with E-state index < -0.39 is 23.2 Å². The van der Waals surface area contributed by atoms with Gasteiger partial charge in [0.25, 0.3) is 0 Å². The van der Waals surface area contributed by atoms with Gasteiger partial charge in [-0.25, -0.2) is 9.78 Å². The fourth-order valence-electron chi connectivity index (χ4n) is 1.92. The minimum Gasteiger partial charge on any atom is -0.445 e. The van der Waals surface area contributed by atoms with Gasteiger partial charge in [0.2, 0.25) is 0 Å². The predicted octanol–water partition coefficient (Wildman–Crippen LogP) is 1.76. The van der Waals surface area contributed by atoms with Gasteiger partial charge in [-0.05, 0) is 23.3 Å². The molecular weight excluding hydrogens is 350 g/mol. The topological polar surface area (TPSA) is 135 Å². The van der Waals surface area contributed by atoms with Crippen molar-refractivity contribution in [3.05, 3.63) is 57.2 Å². The molecule has 0 bridgehead atoms. The summed E-state index contributed by atoms with van der Waals surface area (Å²) in [7, 11) is 0. The molecule has 25 heavy (non-hydrogen) atoms.